The quantitative estimate of drug-likeness (QED) is 0.915. The van der Waals surface area contributed by atoms with Gasteiger partial charge in [0.1, 0.15) is 6.61 Å². The summed E-state index contributed by atoms with van der Waals surface area (Å²) in [5.41, 5.74) is 5.56. The Morgan fingerprint density at radius 3 is 2.47 bits per heavy atom. The number of nitrogens with two attached hydrogens (primary N) is 1. The molecule has 0 saturated carbocycles. The third kappa shape index (κ3) is 3.42. The number of ether oxygens (including phenoxy) is 2. The fraction of sp³-hybridized carbons (Fsp3) is 0.571. The molecule has 2 rings (SSSR count). The number of benzene rings is 1. The zero-order valence-corrected chi connectivity index (χ0v) is 11.2. The molecule has 2 N–H and O–H groups in total. The molecule has 1 aromatic rings. The van der Waals surface area contributed by atoms with Crippen LogP contribution in [0.3, 0.4) is 0 Å². The van der Waals surface area contributed by atoms with Gasteiger partial charge in [0.05, 0.1) is 11.7 Å². The Hall–Kier alpha value is -1.20. The van der Waals surface area contributed by atoms with Gasteiger partial charge < -0.3 is 15.2 Å². The van der Waals surface area contributed by atoms with Crippen molar-refractivity contribution < 1.29 is 18.3 Å². The molecule has 0 amide bonds. The van der Waals surface area contributed by atoms with Crippen molar-refractivity contribution in [3.63, 3.8) is 0 Å². The summed E-state index contributed by atoms with van der Waals surface area (Å²) >= 11 is 0. The average Bonchev–Trinajstić information content (AvgIpc) is 2.67. The normalized spacial score (nSPS) is 21.6. The Morgan fingerprint density at radius 1 is 1.37 bits per heavy atom. The van der Waals surface area contributed by atoms with Crippen molar-refractivity contribution in [1.82, 2.24) is 0 Å². The molecule has 19 heavy (non-hydrogen) atoms. The zero-order valence-electron chi connectivity index (χ0n) is 11.2. The lowest BCUT2D eigenvalue weighted by molar-refractivity contribution is -0.0335. The number of rotatable bonds is 4. The van der Waals surface area contributed by atoms with Crippen molar-refractivity contribution in [3.05, 3.63) is 29.3 Å². The summed E-state index contributed by atoms with van der Waals surface area (Å²) in [5.74, 6) is -1.80. The van der Waals surface area contributed by atoms with E-state index in [4.69, 9.17) is 15.2 Å². The van der Waals surface area contributed by atoms with Crippen LogP contribution >= 0.6 is 0 Å². The van der Waals surface area contributed by atoms with Gasteiger partial charge in [0.15, 0.2) is 17.4 Å². The molecule has 1 atom stereocenters. The fourth-order valence-electron chi connectivity index (χ4n) is 2.24. The summed E-state index contributed by atoms with van der Waals surface area (Å²) < 4.78 is 38.3. The van der Waals surface area contributed by atoms with Crippen LogP contribution in [-0.4, -0.2) is 18.3 Å². The molecule has 106 valence electrons. The molecule has 1 unspecified atom stereocenters. The minimum Gasteiger partial charge on any atom is -0.485 e. The minimum atomic E-state index is -0.724. The highest BCUT2D eigenvalue weighted by atomic mass is 19.1. The van der Waals surface area contributed by atoms with Gasteiger partial charge in [-0.25, -0.2) is 8.78 Å². The molecule has 1 aliphatic heterocycles. The Morgan fingerprint density at radius 2 is 2.00 bits per heavy atom. The monoisotopic (exact) mass is 271 g/mol. The van der Waals surface area contributed by atoms with Gasteiger partial charge in [-0.1, -0.05) is 0 Å². The lowest BCUT2D eigenvalue weighted by atomic mass is 10.1. The van der Waals surface area contributed by atoms with E-state index >= 15 is 0 Å². The molecule has 1 aliphatic rings. The topological polar surface area (TPSA) is 44.5 Å². The van der Waals surface area contributed by atoms with Gasteiger partial charge in [-0.15, -0.1) is 0 Å². The molecule has 3 nitrogen and oxygen atoms in total. The van der Waals surface area contributed by atoms with Crippen molar-refractivity contribution in [3.8, 4) is 5.75 Å². The minimum absolute atomic E-state index is 0.0913. The first kappa shape index (κ1) is 14.2. The SMILES string of the molecule is CC1(C)CCC(COc2c(F)cc(CN)cc2F)O1. The molecule has 0 aliphatic carbocycles. The van der Waals surface area contributed by atoms with Crippen molar-refractivity contribution in [2.75, 3.05) is 6.61 Å². The second kappa shape index (κ2) is 5.43. The summed E-state index contributed by atoms with van der Waals surface area (Å²) in [4.78, 5) is 0. The van der Waals surface area contributed by atoms with Crippen LogP contribution < -0.4 is 10.5 Å². The summed E-state index contributed by atoms with van der Waals surface area (Å²) in [6.07, 6.45) is 1.62. The van der Waals surface area contributed by atoms with Crippen molar-refractivity contribution in [2.24, 2.45) is 5.73 Å². The van der Waals surface area contributed by atoms with Crippen molar-refractivity contribution in [2.45, 2.75) is 44.9 Å². The van der Waals surface area contributed by atoms with E-state index in [9.17, 15) is 8.78 Å². The van der Waals surface area contributed by atoms with E-state index in [0.29, 0.717) is 5.56 Å². The van der Waals surface area contributed by atoms with Crippen LogP contribution in [0.15, 0.2) is 12.1 Å². The molecule has 0 aromatic heterocycles. The van der Waals surface area contributed by atoms with Crippen molar-refractivity contribution >= 4 is 0 Å². The lowest BCUT2D eigenvalue weighted by Gasteiger charge is -2.19. The maximum absolute atomic E-state index is 13.7. The van der Waals surface area contributed by atoms with Crippen LogP contribution in [0.2, 0.25) is 0 Å². The maximum Gasteiger partial charge on any atom is 0.190 e. The molecule has 0 radical (unpaired) electrons. The van der Waals surface area contributed by atoms with Crippen LogP contribution in [-0.2, 0) is 11.3 Å². The molecule has 1 fully saturated rings. The Labute approximate surface area is 111 Å². The third-order valence-electron chi connectivity index (χ3n) is 3.26. The van der Waals surface area contributed by atoms with E-state index < -0.39 is 11.6 Å². The predicted octanol–water partition coefficient (Wildman–Crippen LogP) is 2.76. The molecule has 0 spiro atoms. The smallest absolute Gasteiger partial charge is 0.190 e. The second-order valence-electron chi connectivity index (χ2n) is 5.44. The highest BCUT2D eigenvalue weighted by Crippen LogP contribution is 2.30. The molecule has 1 heterocycles. The first-order valence-corrected chi connectivity index (χ1v) is 6.40. The largest absolute Gasteiger partial charge is 0.485 e. The average molecular weight is 271 g/mol. The van der Waals surface area contributed by atoms with E-state index in [0.717, 1.165) is 12.8 Å². The highest BCUT2D eigenvalue weighted by Gasteiger charge is 2.32. The van der Waals surface area contributed by atoms with Gasteiger partial charge in [-0.2, -0.15) is 0 Å². The van der Waals surface area contributed by atoms with E-state index in [2.05, 4.69) is 0 Å². The van der Waals surface area contributed by atoms with Gasteiger partial charge in [-0.05, 0) is 44.4 Å². The number of halogens is 2. The van der Waals surface area contributed by atoms with Gasteiger partial charge in [0, 0.05) is 6.54 Å². The Balaban J connectivity index is 2.00. The van der Waals surface area contributed by atoms with Gasteiger partial charge in [0.25, 0.3) is 0 Å². The molecule has 1 saturated heterocycles. The van der Waals surface area contributed by atoms with Gasteiger partial charge in [0.2, 0.25) is 0 Å². The van der Waals surface area contributed by atoms with Gasteiger partial charge >= 0.3 is 0 Å². The standard InChI is InChI=1S/C14H19F2NO2/c1-14(2)4-3-10(19-14)8-18-13-11(15)5-9(7-17)6-12(13)16/h5-6,10H,3-4,7-8,17H2,1-2H3. The van der Waals surface area contributed by atoms with Gasteiger partial charge in [-0.3, -0.25) is 0 Å². The second-order valence-corrected chi connectivity index (χ2v) is 5.44. The van der Waals surface area contributed by atoms with E-state index in [1.165, 1.54) is 12.1 Å². The Bertz CT molecular complexity index is 440. The van der Waals surface area contributed by atoms with E-state index in [1.807, 2.05) is 13.8 Å². The first-order valence-electron chi connectivity index (χ1n) is 6.40. The fourth-order valence-corrected chi connectivity index (χ4v) is 2.24. The summed E-state index contributed by atoms with van der Waals surface area (Å²) in [6, 6.07) is 2.38. The van der Waals surface area contributed by atoms with E-state index in [-0.39, 0.29) is 30.6 Å². The Kier molecular flexibility index (Phi) is 4.06. The van der Waals surface area contributed by atoms with Crippen LogP contribution in [0.4, 0.5) is 8.78 Å². The van der Waals surface area contributed by atoms with Crippen molar-refractivity contribution in [1.29, 1.82) is 0 Å². The number of hydrogen-bond acceptors (Lipinski definition) is 3. The maximum atomic E-state index is 13.7. The molecule has 5 heteroatoms. The molecular formula is C14H19F2NO2. The molecule has 1 aromatic carbocycles. The van der Waals surface area contributed by atoms with Crippen LogP contribution in [0.25, 0.3) is 0 Å². The third-order valence-corrected chi connectivity index (χ3v) is 3.26. The van der Waals surface area contributed by atoms with E-state index in [1.54, 1.807) is 0 Å². The zero-order chi connectivity index (χ0) is 14.0. The lowest BCUT2D eigenvalue weighted by Crippen LogP contribution is -2.24. The van der Waals surface area contributed by atoms with Crippen LogP contribution in [0.1, 0.15) is 32.3 Å². The molecular weight excluding hydrogens is 252 g/mol. The highest BCUT2D eigenvalue weighted by molar-refractivity contribution is 5.31. The molecule has 0 bridgehead atoms. The summed E-state index contributed by atoms with van der Waals surface area (Å²) in [7, 11) is 0. The van der Waals surface area contributed by atoms with Crippen LogP contribution in [0, 0.1) is 11.6 Å². The first-order chi connectivity index (χ1) is 8.91. The van der Waals surface area contributed by atoms with Crippen LogP contribution in [0.5, 0.6) is 5.75 Å². The number of hydrogen-bond donors (Lipinski definition) is 1. The summed E-state index contributed by atoms with van der Waals surface area (Å²) in [6.45, 7) is 4.22. The summed E-state index contributed by atoms with van der Waals surface area (Å²) in [5, 5.41) is 0. The predicted molar refractivity (Wildman–Crippen MR) is 67.9 cm³/mol.